The van der Waals surface area contributed by atoms with Crippen LogP contribution in [0.25, 0.3) is 0 Å². The molecule has 1 rings (SSSR count). The first kappa shape index (κ1) is 37.1. The molecule has 0 unspecified atom stereocenters. The van der Waals surface area contributed by atoms with Gasteiger partial charge in [-0.3, -0.25) is 24.2 Å². The summed E-state index contributed by atoms with van der Waals surface area (Å²) in [7, 11) is 0. The van der Waals surface area contributed by atoms with Gasteiger partial charge in [0.15, 0.2) is 5.96 Å². The van der Waals surface area contributed by atoms with E-state index in [-0.39, 0.29) is 30.5 Å². The van der Waals surface area contributed by atoms with E-state index in [0.29, 0.717) is 31.6 Å². The van der Waals surface area contributed by atoms with Crippen molar-refractivity contribution in [2.45, 2.75) is 82.7 Å². The Hall–Kier alpha value is -3.91. The number of aliphatic imine (C=N–C) groups is 1. The number of carbonyl (C=O) groups is 4. The molecule has 0 fully saturated rings. The number of nitrogens with zero attached hydrogens (tertiary/aromatic N) is 1. The van der Waals surface area contributed by atoms with Gasteiger partial charge in [-0.15, -0.1) is 0 Å². The van der Waals surface area contributed by atoms with Crippen LogP contribution >= 0.6 is 0 Å². The van der Waals surface area contributed by atoms with Crippen molar-refractivity contribution in [1.82, 2.24) is 21.3 Å². The summed E-state index contributed by atoms with van der Waals surface area (Å²) in [5.41, 5.74) is 22.2. The molecule has 43 heavy (non-hydrogen) atoms. The molecular formula is C29H51N9O5. The van der Waals surface area contributed by atoms with Crippen LogP contribution in [0.4, 0.5) is 0 Å². The van der Waals surface area contributed by atoms with Crippen LogP contribution in [0.15, 0.2) is 29.3 Å². The van der Waals surface area contributed by atoms with Crippen LogP contribution in [0.2, 0.25) is 0 Å². The molecule has 14 nitrogen and oxygen atoms in total. The van der Waals surface area contributed by atoms with E-state index in [1.807, 2.05) is 0 Å². The number of amides is 4. The Labute approximate surface area is 254 Å². The van der Waals surface area contributed by atoms with Gasteiger partial charge in [0.1, 0.15) is 11.8 Å². The molecule has 0 radical (unpaired) electrons. The fourth-order valence-electron chi connectivity index (χ4n) is 4.18. The number of hydrogen-bond acceptors (Lipinski definition) is 8. The lowest BCUT2D eigenvalue weighted by molar-refractivity contribution is -0.131. The number of nitrogens with two attached hydrogens (primary N) is 4. The molecule has 0 aliphatic carbocycles. The number of aromatic hydroxyl groups is 1. The Kier molecular flexibility index (Phi) is 19.6. The first-order valence-electron chi connectivity index (χ1n) is 15.0. The molecule has 1 aromatic carbocycles. The van der Waals surface area contributed by atoms with Gasteiger partial charge in [-0.1, -0.05) is 37.8 Å². The lowest BCUT2D eigenvalue weighted by Crippen LogP contribution is -2.49. The number of phenolic OH excluding ortho intramolecular Hbond substituents is 1. The van der Waals surface area contributed by atoms with Crippen molar-refractivity contribution < 1.29 is 24.3 Å². The number of carbonyl (C=O) groups excluding carboxylic acids is 4. The highest BCUT2D eigenvalue weighted by molar-refractivity contribution is 5.92. The van der Waals surface area contributed by atoms with Gasteiger partial charge in [-0.25, -0.2) is 0 Å². The number of benzene rings is 1. The highest BCUT2D eigenvalue weighted by atomic mass is 16.3. The van der Waals surface area contributed by atoms with Crippen LogP contribution in [0.3, 0.4) is 0 Å². The zero-order valence-corrected chi connectivity index (χ0v) is 25.1. The van der Waals surface area contributed by atoms with Gasteiger partial charge in [-0.05, 0) is 62.9 Å². The highest BCUT2D eigenvalue weighted by Crippen LogP contribution is 2.10. The molecule has 14 heteroatoms. The SMILES string of the molecule is NC(=O)C[C@H](NC(=O)Cc1ccc(O)cc1)C(=O)NCCCCNCCCCCCCCNC(=O)[C@@H](N)CCN=C(N)N. The Morgan fingerprint density at radius 3 is 1.91 bits per heavy atom. The second-order valence-corrected chi connectivity index (χ2v) is 10.5. The van der Waals surface area contributed by atoms with Crippen LogP contribution in [0.1, 0.15) is 69.8 Å². The normalized spacial score (nSPS) is 12.1. The number of guanidine groups is 1. The summed E-state index contributed by atoms with van der Waals surface area (Å²) in [6, 6.07) is 4.51. The van der Waals surface area contributed by atoms with Crippen molar-refractivity contribution in [2.75, 3.05) is 32.7 Å². The van der Waals surface area contributed by atoms with E-state index in [9.17, 15) is 24.3 Å². The Balaban J connectivity index is 2.03. The minimum Gasteiger partial charge on any atom is -0.508 e. The first-order chi connectivity index (χ1) is 20.6. The molecule has 0 spiro atoms. The number of hydrogen-bond donors (Lipinski definition) is 9. The zero-order chi connectivity index (χ0) is 31.9. The fraction of sp³-hybridized carbons (Fsp3) is 0.621. The molecular weight excluding hydrogens is 554 g/mol. The van der Waals surface area contributed by atoms with Crippen LogP contribution in [-0.2, 0) is 25.6 Å². The van der Waals surface area contributed by atoms with E-state index in [2.05, 4.69) is 26.3 Å². The smallest absolute Gasteiger partial charge is 0.243 e. The van der Waals surface area contributed by atoms with Gasteiger partial charge in [0, 0.05) is 19.6 Å². The second-order valence-electron chi connectivity index (χ2n) is 10.5. The number of primary amides is 1. The first-order valence-corrected chi connectivity index (χ1v) is 15.0. The minimum absolute atomic E-state index is 0.00807. The molecule has 0 aromatic heterocycles. The Morgan fingerprint density at radius 2 is 1.30 bits per heavy atom. The van der Waals surface area contributed by atoms with Crippen molar-refractivity contribution in [3.05, 3.63) is 29.8 Å². The summed E-state index contributed by atoms with van der Waals surface area (Å²) in [5, 5.41) is 20.9. The van der Waals surface area contributed by atoms with E-state index in [1.165, 1.54) is 12.1 Å². The molecule has 0 aliphatic heterocycles. The summed E-state index contributed by atoms with van der Waals surface area (Å²) < 4.78 is 0. The molecule has 242 valence electrons. The van der Waals surface area contributed by atoms with Crippen molar-refractivity contribution >= 4 is 29.6 Å². The largest absolute Gasteiger partial charge is 0.508 e. The third-order valence-electron chi connectivity index (χ3n) is 6.59. The van der Waals surface area contributed by atoms with E-state index < -0.39 is 29.8 Å². The van der Waals surface area contributed by atoms with Crippen molar-refractivity contribution in [3.8, 4) is 5.75 Å². The van der Waals surface area contributed by atoms with Crippen molar-refractivity contribution in [1.29, 1.82) is 0 Å². The molecule has 4 amide bonds. The summed E-state index contributed by atoms with van der Waals surface area (Å²) in [5.74, 6) is -1.65. The molecule has 0 saturated heterocycles. The zero-order valence-electron chi connectivity index (χ0n) is 25.1. The maximum Gasteiger partial charge on any atom is 0.243 e. The molecule has 2 atom stereocenters. The van der Waals surface area contributed by atoms with Gasteiger partial charge in [0.05, 0.1) is 18.9 Å². The molecule has 13 N–H and O–H groups in total. The molecule has 1 aromatic rings. The number of rotatable bonds is 24. The topological polar surface area (TPSA) is 253 Å². The van der Waals surface area contributed by atoms with Crippen LogP contribution in [-0.4, -0.2) is 79.5 Å². The minimum atomic E-state index is -1.04. The number of phenols is 1. The third kappa shape index (κ3) is 19.8. The van der Waals surface area contributed by atoms with E-state index in [1.54, 1.807) is 12.1 Å². The van der Waals surface area contributed by atoms with E-state index >= 15 is 0 Å². The predicted molar refractivity (Wildman–Crippen MR) is 167 cm³/mol. The Morgan fingerprint density at radius 1 is 0.767 bits per heavy atom. The molecule has 0 bridgehead atoms. The number of unbranched alkanes of at least 4 members (excludes halogenated alkanes) is 6. The third-order valence-corrected chi connectivity index (χ3v) is 6.59. The van der Waals surface area contributed by atoms with E-state index in [0.717, 1.165) is 64.5 Å². The van der Waals surface area contributed by atoms with Crippen LogP contribution < -0.4 is 44.2 Å². The molecule has 0 heterocycles. The predicted octanol–water partition coefficient (Wildman–Crippen LogP) is -0.771. The average Bonchev–Trinajstić information content (AvgIpc) is 2.95. The molecule has 0 aliphatic rings. The lowest BCUT2D eigenvalue weighted by atomic mass is 10.1. The molecule has 0 saturated carbocycles. The van der Waals surface area contributed by atoms with Crippen LogP contribution in [0, 0.1) is 0 Å². The summed E-state index contributed by atoms with van der Waals surface area (Å²) in [6.45, 7) is 3.12. The average molecular weight is 606 g/mol. The van der Waals surface area contributed by atoms with Gasteiger partial charge in [0.2, 0.25) is 23.6 Å². The van der Waals surface area contributed by atoms with Crippen molar-refractivity contribution in [2.24, 2.45) is 27.9 Å². The maximum absolute atomic E-state index is 12.5. The quantitative estimate of drug-likeness (QED) is 0.0407. The van der Waals surface area contributed by atoms with Gasteiger partial charge in [0.25, 0.3) is 0 Å². The van der Waals surface area contributed by atoms with Crippen LogP contribution in [0.5, 0.6) is 5.75 Å². The van der Waals surface area contributed by atoms with Gasteiger partial charge >= 0.3 is 0 Å². The van der Waals surface area contributed by atoms with Crippen molar-refractivity contribution in [3.63, 3.8) is 0 Å². The maximum atomic E-state index is 12.5. The lowest BCUT2D eigenvalue weighted by Gasteiger charge is -2.17. The van der Waals surface area contributed by atoms with Gasteiger partial charge in [-0.2, -0.15) is 0 Å². The highest BCUT2D eigenvalue weighted by Gasteiger charge is 2.22. The Bertz CT molecular complexity index is 1000. The van der Waals surface area contributed by atoms with E-state index in [4.69, 9.17) is 22.9 Å². The summed E-state index contributed by atoms with van der Waals surface area (Å²) >= 11 is 0. The monoisotopic (exact) mass is 605 g/mol. The second kappa shape index (κ2) is 22.7. The standard InChI is InChI=1S/C29H51N9O5/c30-23(13-18-37-29(32)33)27(42)35-16-6-4-2-1-3-5-14-34-15-7-8-17-36-28(43)24(20-25(31)40)38-26(41)19-21-9-11-22(39)12-10-21/h9-12,23-24,34,39H,1-8,13-20,30H2,(H2,31,40)(H,35,42)(H,36,43)(H,38,41)(H4,32,33,37)/t23-,24-/m0/s1. The number of nitrogens with one attached hydrogen (secondary N) is 4. The summed E-state index contributed by atoms with van der Waals surface area (Å²) in [4.78, 5) is 52.0. The fourth-order valence-corrected chi connectivity index (χ4v) is 4.18. The summed E-state index contributed by atoms with van der Waals surface area (Å²) in [6.07, 6.45) is 8.16. The van der Waals surface area contributed by atoms with Gasteiger partial charge < -0.3 is 49.3 Å².